The van der Waals surface area contributed by atoms with Crippen molar-refractivity contribution in [3.63, 3.8) is 0 Å². The van der Waals surface area contributed by atoms with Crippen LogP contribution in [-0.4, -0.2) is 0 Å². The van der Waals surface area contributed by atoms with Crippen molar-refractivity contribution in [1.29, 1.82) is 0 Å². The Bertz CT molecular complexity index is 3620. The first-order valence-corrected chi connectivity index (χ1v) is 25.3. The zero-order valence-electron chi connectivity index (χ0n) is 40.5. The Morgan fingerprint density at radius 3 is 1.20 bits per heavy atom. The molecule has 0 nitrogen and oxygen atoms in total. The van der Waals surface area contributed by atoms with E-state index < -0.39 is 0 Å². The van der Waals surface area contributed by atoms with E-state index in [1.165, 1.54) is 116 Å². The van der Waals surface area contributed by atoms with Crippen molar-refractivity contribution in [3.05, 3.63) is 289 Å². The molecule has 0 heteroatoms. The maximum absolute atomic E-state index is 2.52. The van der Waals surface area contributed by atoms with Crippen LogP contribution in [0.2, 0.25) is 0 Å². The van der Waals surface area contributed by atoms with E-state index in [0.29, 0.717) is 5.92 Å². The van der Waals surface area contributed by atoms with Gasteiger partial charge in [0.2, 0.25) is 0 Å². The predicted octanol–water partition coefficient (Wildman–Crippen LogP) is 19.1. The van der Waals surface area contributed by atoms with Crippen molar-refractivity contribution < 1.29 is 0 Å². The van der Waals surface area contributed by atoms with Crippen molar-refractivity contribution in [1.82, 2.24) is 0 Å². The highest BCUT2D eigenvalue weighted by Crippen LogP contribution is 2.50. The van der Waals surface area contributed by atoms with Gasteiger partial charge in [-0.15, -0.1) is 0 Å². The highest BCUT2D eigenvalue weighted by Gasteiger charge is 2.36. The molecule has 0 heterocycles. The van der Waals surface area contributed by atoms with Gasteiger partial charge in [0.05, 0.1) is 0 Å². The maximum atomic E-state index is 2.52. The summed E-state index contributed by atoms with van der Waals surface area (Å²) < 4.78 is 0. The molecule has 0 bridgehead atoms. The van der Waals surface area contributed by atoms with Crippen LogP contribution in [0.5, 0.6) is 0 Å². The normalized spacial score (nSPS) is 12.9. The molecule has 71 heavy (non-hydrogen) atoms. The van der Waals surface area contributed by atoms with Gasteiger partial charge in [-0.3, -0.25) is 0 Å². The van der Waals surface area contributed by atoms with Crippen LogP contribution in [0.4, 0.5) is 0 Å². The molecular weight excluding hydrogens is 853 g/mol. The Hall–Kier alpha value is -8.32. The molecule has 0 N–H and O–H groups in total. The van der Waals surface area contributed by atoms with E-state index in [1.54, 1.807) is 0 Å². The first-order chi connectivity index (χ1) is 34.9. The molecule has 0 aliphatic heterocycles. The minimum absolute atomic E-state index is 0.111. The second-order valence-electron chi connectivity index (χ2n) is 20.0. The highest BCUT2D eigenvalue weighted by molar-refractivity contribution is 5.88. The average molecular weight is 909 g/mol. The molecular formula is C71H56. The second kappa shape index (κ2) is 18.9. The minimum atomic E-state index is -0.111. The Kier molecular flexibility index (Phi) is 11.7. The predicted molar refractivity (Wildman–Crippen MR) is 302 cm³/mol. The standard InChI is InChI=1S/C71H56/c1-71(2)69-46-50(20-43-67(69)68-44-42-66(48-70(68)71)62-38-36-61(37-39-62)65-41-40-53-15-9-10-16-63(53)47-65)19-23-64(60-34-32-59(33-35-60)58-30-26-56(27-31-58)52-13-7-4-8-14-52)45-49-17-21-54(22-18-49)57-28-24-55(25-29-57)51-11-5-3-6-12-51/h3-18,20-22,24-44,46-48,64H,19,23,45H2,1-2H3. The van der Waals surface area contributed by atoms with Crippen LogP contribution >= 0.6 is 0 Å². The third kappa shape index (κ3) is 8.95. The van der Waals surface area contributed by atoms with Gasteiger partial charge in [0.25, 0.3) is 0 Å². The van der Waals surface area contributed by atoms with Gasteiger partial charge in [-0.1, -0.05) is 263 Å². The summed E-state index contributed by atoms with van der Waals surface area (Å²) in [6.45, 7) is 4.82. The smallest absolute Gasteiger partial charge is 0.0159 e. The van der Waals surface area contributed by atoms with Gasteiger partial charge < -0.3 is 0 Å². The molecule has 340 valence electrons. The van der Waals surface area contributed by atoms with Crippen LogP contribution in [0.15, 0.2) is 261 Å². The van der Waals surface area contributed by atoms with Crippen molar-refractivity contribution in [2.24, 2.45) is 0 Å². The van der Waals surface area contributed by atoms with Gasteiger partial charge in [-0.25, -0.2) is 0 Å². The second-order valence-corrected chi connectivity index (χ2v) is 20.0. The summed E-state index contributed by atoms with van der Waals surface area (Å²) in [6.07, 6.45) is 3.04. The Morgan fingerprint density at radius 1 is 0.296 bits per heavy atom. The van der Waals surface area contributed by atoms with Crippen LogP contribution in [0.25, 0.3) is 88.7 Å². The largest absolute Gasteiger partial charge is 0.0622 e. The summed E-state index contributed by atoms with van der Waals surface area (Å²) in [5.41, 5.74) is 24.6. The Balaban J connectivity index is 0.784. The number of aryl methyl sites for hydroxylation is 1. The van der Waals surface area contributed by atoms with E-state index in [-0.39, 0.29) is 5.41 Å². The fraction of sp³-hybridized carbons (Fsp3) is 0.0986. The van der Waals surface area contributed by atoms with Crippen molar-refractivity contribution in [3.8, 4) is 77.9 Å². The lowest BCUT2D eigenvalue weighted by molar-refractivity contribution is 0.618. The lowest BCUT2D eigenvalue weighted by atomic mass is 9.80. The summed E-state index contributed by atoms with van der Waals surface area (Å²) in [7, 11) is 0. The zero-order valence-corrected chi connectivity index (χ0v) is 40.5. The minimum Gasteiger partial charge on any atom is -0.0622 e. The van der Waals surface area contributed by atoms with E-state index >= 15 is 0 Å². The summed E-state index contributed by atoms with van der Waals surface area (Å²) in [5, 5.41) is 2.54. The van der Waals surface area contributed by atoms with Crippen molar-refractivity contribution in [2.75, 3.05) is 0 Å². The topological polar surface area (TPSA) is 0 Å². The highest BCUT2D eigenvalue weighted by atomic mass is 14.4. The molecule has 12 rings (SSSR count). The van der Waals surface area contributed by atoms with Gasteiger partial charge >= 0.3 is 0 Å². The fourth-order valence-corrected chi connectivity index (χ4v) is 11.1. The monoisotopic (exact) mass is 908 g/mol. The third-order valence-electron chi connectivity index (χ3n) is 15.3. The van der Waals surface area contributed by atoms with Crippen LogP contribution in [0.1, 0.15) is 54.0 Å². The van der Waals surface area contributed by atoms with Gasteiger partial charge in [-0.2, -0.15) is 0 Å². The molecule has 11 aromatic carbocycles. The molecule has 0 amide bonds. The SMILES string of the molecule is CC1(C)c2cc(CCC(Cc3ccc(-c4ccc(-c5ccccc5)cc4)cc3)c3ccc(-c4ccc(-c5ccccc5)cc4)cc3)ccc2-c2ccc(-c3ccc(-c4ccc5ccccc5c4)cc3)cc21. The molecule has 0 saturated heterocycles. The Labute approximate surface area is 419 Å². The lowest BCUT2D eigenvalue weighted by Crippen LogP contribution is -2.15. The lowest BCUT2D eigenvalue weighted by Gasteiger charge is -2.23. The molecule has 0 spiro atoms. The van der Waals surface area contributed by atoms with Crippen LogP contribution in [0, 0.1) is 0 Å². The number of hydrogen-bond acceptors (Lipinski definition) is 0. The molecule has 1 unspecified atom stereocenters. The van der Waals surface area contributed by atoms with Gasteiger partial charge in [0.1, 0.15) is 0 Å². The van der Waals surface area contributed by atoms with E-state index in [2.05, 4.69) is 275 Å². The van der Waals surface area contributed by atoms with Gasteiger partial charge in [0.15, 0.2) is 0 Å². The van der Waals surface area contributed by atoms with E-state index in [0.717, 1.165) is 19.3 Å². The van der Waals surface area contributed by atoms with Crippen molar-refractivity contribution >= 4 is 10.8 Å². The van der Waals surface area contributed by atoms with Crippen LogP contribution in [-0.2, 0) is 18.3 Å². The number of fused-ring (bicyclic) bond motifs is 4. The van der Waals surface area contributed by atoms with E-state index in [1.807, 2.05) is 0 Å². The molecule has 1 atom stereocenters. The number of hydrogen-bond donors (Lipinski definition) is 0. The fourth-order valence-electron chi connectivity index (χ4n) is 11.1. The summed E-state index contributed by atoms with van der Waals surface area (Å²) in [4.78, 5) is 0. The quantitative estimate of drug-likeness (QED) is 0.115. The summed E-state index contributed by atoms with van der Waals surface area (Å²) in [5.74, 6) is 0.356. The third-order valence-corrected chi connectivity index (χ3v) is 15.3. The maximum Gasteiger partial charge on any atom is 0.0159 e. The molecule has 0 saturated carbocycles. The molecule has 11 aromatic rings. The van der Waals surface area contributed by atoms with E-state index in [4.69, 9.17) is 0 Å². The molecule has 0 fully saturated rings. The average Bonchev–Trinajstić information content (AvgIpc) is 3.67. The number of rotatable bonds is 12. The van der Waals surface area contributed by atoms with Crippen LogP contribution in [0.3, 0.4) is 0 Å². The first kappa shape index (κ1) is 43.9. The molecule has 0 radical (unpaired) electrons. The molecule has 0 aromatic heterocycles. The number of benzene rings is 11. The molecule has 1 aliphatic carbocycles. The van der Waals surface area contributed by atoms with Crippen LogP contribution < -0.4 is 0 Å². The summed E-state index contributed by atoms with van der Waals surface area (Å²) in [6, 6.07) is 96.8. The van der Waals surface area contributed by atoms with Gasteiger partial charge in [0, 0.05) is 5.41 Å². The zero-order chi connectivity index (χ0) is 47.7. The van der Waals surface area contributed by atoms with E-state index in [9.17, 15) is 0 Å². The molecule has 1 aliphatic rings. The Morgan fingerprint density at radius 2 is 0.662 bits per heavy atom. The van der Waals surface area contributed by atoms with Crippen molar-refractivity contribution in [2.45, 2.75) is 44.4 Å². The summed E-state index contributed by atoms with van der Waals surface area (Å²) >= 11 is 0. The first-order valence-electron chi connectivity index (χ1n) is 25.3. The van der Waals surface area contributed by atoms with Gasteiger partial charge in [-0.05, 0) is 154 Å².